The number of nitrogens with two attached hydrogens (primary N) is 1. The molecule has 0 bridgehead atoms. The predicted octanol–water partition coefficient (Wildman–Crippen LogP) is 4.94. The third-order valence-electron chi connectivity index (χ3n) is 4.65. The van der Waals surface area contributed by atoms with Crippen molar-refractivity contribution in [1.82, 2.24) is 4.98 Å². The Kier molecular flexibility index (Phi) is 7.15. The van der Waals surface area contributed by atoms with Gasteiger partial charge in [-0.25, -0.2) is 0 Å². The smallest absolute Gasteiger partial charge is 0.0702 e. The van der Waals surface area contributed by atoms with Crippen molar-refractivity contribution in [1.29, 1.82) is 0 Å². The molecule has 1 heterocycles. The fourth-order valence-corrected chi connectivity index (χ4v) is 3.24. The van der Waals surface area contributed by atoms with Crippen LogP contribution >= 0.6 is 0 Å². The van der Waals surface area contributed by atoms with Crippen molar-refractivity contribution in [2.75, 3.05) is 0 Å². The molecule has 0 amide bonds. The lowest BCUT2D eigenvalue weighted by atomic mass is 9.97. The summed E-state index contributed by atoms with van der Waals surface area (Å²) in [6.07, 6.45) is 9.53. The van der Waals surface area contributed by atoms with Crippen molar-refractivity contribution >= 4 is 5.57 Å². The van der Waals surface area contributed by atoms with E-state index < -0.39 is 6.10 Å². The molecule has 1 aromatic heterocycles. The van der Waals surface area contributed by atoms with Crippen LogP contribution in [0.3, 0.4) is 0 Å². The maximum Gasteiger partial charge on any atom is 0.0702 e. The van der Waals surface area contributed by atoms with Gasteiger partial charge in [-0.1, -0.05) is 67.3 Å². The number of benzene rings is 2. The van der Waals surface area contributed by atoms with Crippen molar-refractivity contribution in [3.05, 3.63) is 121 Å². The zero-order chi connectivity index (χ0) is 20.5. The van der Waals surface area contributed by atoms with Gasteiger partial charge in [-0.2, -0.15) is 0 Å². The van der Waals surface area contributed by atoms with Crippen LogP contribution in [0.1, 0.15) is 16.7 Å². The molecule has 0 aliphatic carbocycles. The Morgan fingerprint density at radius 2 is 1.72 bits per heavy atom. The third kappa shape index (κ3) is 6.03. The van der Waals surface area contributed by atoms with Crippen LogP contribution in [0.25, 0.3) is 16.8 Å². The summed E-state index contributed by atoms with van der Waals surface area (Å²) in [5.74, 6) is 0. The van der Waals surface area contributed by atoms with Gasteiger partial charge in [0, 0.05) is 11.8 Å². The molecule has 1 atom stereocenters. The van der Waals surface area contributed by atoms with Crippen LogP contribution in [-0.2, 0) is 12.8 Å². The molecule has 0 saturated heterocycles. The number of aliphatic hydroxyl groups excluding tert-OH is 1. The van der Waals surface area contributed by atoms with Crippen LogP contribution in [0, 0.1) is 0 Å². The van der Waals surface area contributed by atoms with Crippen molar-refractivity contribution in [2.24, 2.45) is 5.73 Å². The molecular weight excluding hydrogens is 356 g/mol. The number of aromatic nitrogens is 1. The van der Waals surface area contributed by atoms with Crippen LogP contribution < -0.4 is 5.73 Å². The number of hydrogen-bond donors (Lipinski definition) is 2. The molecule has 3 nitrogen and oxygen atoms in total. The van der Waals surface area contributed by atoms with E-state index in [-0.39, 0.29) is 0 Å². The summed E-state index contributed by atoms with van der Waals surface area (Å²) in [5.41, 5.74) is 11.5. The van der Waals surface area contributed by atoms with Crippen LogP contribution in [0.4, 0.5) is 0 Å². The highest BCUT2D eigenvalue weighted by Crippen LogP contribution is 2.20. The first-order valence-corrected chi connectivity index (χ1v) is 9.67. The van der Waals surface area contributed by atoms with Crippen LogP contribution in [0.5, 0.6) is 0 Å². The maximum atomic E-state index is 10.6. The Labute approximate surface area is 172 Å². The molecule has 29 heavy (non-hydrogen) atoms. The second-order valence-electron chi connectivity index (χ2n) is 6.95. The van der Waals surface area contributed by atoms with E-state index in [1.54, 1.807) is 12.3 Å². The van der Waals surface area contributed by atoms with Crippen molar-refractivity contribution in [3.63, 3.8) is 0 Å². The van der Waals surface area contributed by atoms with Gasteiger partial charge < -0.3 is 10.8 Å². The summed E-state index contributed by atoms with van der Waals surface area (Å²) < 4.78 is 0. The second kappa shape index (κ2) is 10.2. The highest BCUT2D eigenvalue weighted by atomic mass is 16.3. The van der Waals surface area contributed by atoms with E-state index in [9.17, 15) is 5.11 Å². The van der Waals surface area contributed by atoms with Crippen molar-refractivity contribution < 1.29 is 5.11 Å². The molecule has 0 spiro atoms. The Morgan fingerprint density at radius 3 is 2.45 bits per heavy atom. The van der Waals surface area contributed by atoms with Gasteiger partial charge in [-0.15, -0.1) is 0 Å². The molecular formula is C26H26N2O. The van der Waals surface area contributed by atoms with E-state index in [4.69, 9.17) is 5.73 Å². The Bertz CT molecular complexity index is 1010. The molecule has 0 fully saturated rings. The second-order valence-corrected chi connectivity index (χ2v) is 6.95. The van der Waals surface area contributed by atoms with Crippen molar-refractivity contribution in [3.8, 4) is 11.3 Å². The fraction of sp³-hybridized carbons (Fsp3) is 0.115. The summed E-state index contributed by atoms with van der Waals surface area (Å²) in [7, 11) is 0. The number of nitrogens with zero attached hydrogens (tertiary/aromatic N) is 1. The summed E-state index contributed by atoms with van der Waals surface area (Å²) in [6.45, 7) is 4.09. The van der Waals surface area contributed by atoms with E-state index in [1.807, 2.05) is 66.7 Å². The lowest BCUT2D eigenvalue weighted by Gasteiger charge is -2.13. The first-order valence-electron chi connectivity index (χ1n) is 9.67. The minimum absolute atomic E-state index is 0.465. The lowest BCUT2D eigenvalue weighted by molar-refractivity contribution is 0.175. The van der Waals surface area contributed by atoms with E-state index in [0.29, 0.717) is 12.8 Å². The predicted molar refractivity (Wildman–Crippen MR) is 121 cm³/mol. The average Bonchev–Trinajstić information content (AvgIpc) is 2.75. The average molecular weight is 383 g/mol. The first-order chi connectivity index (χ1) is 14.2. The van der Waals surface area contributed by atoms with Gasteiger partial charge in [0.25, 0.3) is 0 Å². The molecule has 0 saturated carbocycles. The normalized spacial score (nSPS) is 12.4. The third-order valence-corrected chi connectivity index (χ3v) is 4.65. The highest BCUT2D eigenvalue weighted by Gasteiger charge is 2.09. The highest BCUT2D eigenvalue weighted by molar-refractivity contribution is 5.72. The number of hydrogen-bond acceptors (Lipinski definition) is 3. The van der Waals surface area contributed by atoms with Gasteiger partial charge in [-0.3, -0.25) is 4.98 Å². The molecule has 0 aliphatic rings. The van der Waals surface area contributed by atoms with Crippen LogP contribution in [-0.4, -0.2) is 16.2 Å². The minimum atomic E-state index is -0.465. The van der Waals surface area contributed by atoms with Crippen molar-refractivity contribution in [2.45, 2.75) is 18.9 Å². The van der Waals surface area contributed by atoms with Crippen LogP contribution in [0.15, 0.2) is 104 Å². The SMILES string of the molecule is C=C(/C=C\C=C/N)c1cccc(CC(O)Cc2cccc(-c3ccccn3)c2)c1. The molecule has 3 heteroatoms. The minimum Gasteiger partial charge on any atom is -0.405 e. The monoisotopic (exact) mass is 382 g/mol. The molecule has 2 aromatic carbocycles. The first kappa shape index (κ1) is 20.3. The van der Waals surface area contributed by atoms with Gasteiger partial charge >= 0.3 is 0 Å². The zero-order valence-electron chi connectivity index (χ0n) is 16.4. The summed E-state index contributed by atoms with van der Waals surface area (Å²) >= 11 is 0. The van der Waals surface area contributed by atoms with Gasteiger partial charge in [0.1, 0.15) is 0 Å². The summed E-state index contributed by atoms with van der Waals surface area (Å²) in [5, 5.41) is 10.6. The van der Waals surface area contributed by atoms with E-state index >= 15 is 0 Å². The van der Waals surface area contributed by atoms with Gasteiger partial charge in [0.05, 0.1) is 11.8 Å². The van der Waals surface area contributed by atoms with E-state index in [2.05, 4.69) is 23.7 Å². The fourth-order valence-electron chi connectivity index (χ4n) is 3.24. The summed E-state index contributed by atoms with van der Waals surface area (Å²) in [6, 6.07) is 22.2. The number of pyridine rings is 1. The Morgan fingerprint density at radius 1 is 0.966 bits per heavy atom. The van der Waals surface area contributed by atoms with E-state index in [1.165, 1.54) is 6.20 Å². The Hall–Kier alpha value is -3.43. The molecule has 146 valence electrons. The Balaban J connectivity index is 1.66. The standard InChI is InChI=1S/C26H26N2O/c1-20(8-2-4-14-27)23-11-6-9-21(16-23)18-25(29)19-22-10-7-12-24(17-22)26-13-3-5-15-28-26/h2-17,25,29H,1,18-19,27H2/b8-2-,14-4-. The quantitative estimate of drug-likeness (QED) is 0.543. The summed E-state index contributed by atoms with van der Waals surface area (Å²) in [4.78, 5) is 4.40. The topological polar surface area (TPSA) is 59.1 Å². The molecule has 3 N–H and O–H groups in total. The number of rotatable bonds is 8. The van der Waals surface area contributed by atoms with E-state index in [0.717, 1.165) is 33.5 Å². The number of allylic oxidation sites excluding steroid dienone is 4. The molecule has 0 aliphatic heterocycles. The van der Waals surface area contributed by atoms with Gasteiger partial charge in [0.15, 0.2) is 0 Å². The van der Waals surface area contributed by atoms with Gasteiger partial charge in [0.2, 0.25) is 0 Å². The largest absolute Gasteiger partial charge is 0.405 e. The number of aliphatic hydroxyl groups is 1. The molecule has 3 rings (SSSR count). The molecule has 3 aromatic rings. The molecule has 1 unspecified atom stereocenters. The van der Waals surface area contributed by atoms with Crippen LogP contribution in [0.2, 0.25) is 0 Å². The zero-order valence-corrected chi connectivity index (χ0v) is 16.4. The van der Waals surface area contributed by atoms with Gasteiger partial charge in [-0.05, 0) is 65.6 Å². The maximum absolute atomic E-state index is 10.6. The molecule has 0 radical (unpaired) electrons. The lowest BCUT2D eigenvalue weighted by Crippen LogP contribution is -2.14.